The average Bonchev–Trinajstić information content (AvgIpc) is 3.27. The normalized spacial score (nSPS) is 24.8. The molecule has 1 aliphatic carbocycles. The van der Waals surface area contributed by atoms with Crippen LogP contribution >= 0.6 is 0 Å². The molecule has 0 bridgehead atoms. The molecule has 2 atom stereocenters. The number of nitrogens with zero attached hydrogens (tertiary/aromatic N) is 1. The van der Waals surface area contributed by atoms with Gasteiger partial charge in [0.15, 0.2) is 0 Å². The van der Waals surface area contributed by atoms with Crippen LogP contribution in [0.3, 0.4) is 0 Å². The van der Waals surface area contributed by atoms with E-state index in [1.54, 1.807) is 0 Å². The van der Waals surface area contributed by atoms with Gasteiger partial charge in [-0.1, -0.05) is 0 Å². The van der Waals surface area contributed by atoms with Gasteiger partial charge in [-0.2, -0.15) is 0 Å². The standard InChI is InChI=1S/C21H29N3O4S/c1-13(2)23-21(25)28-18-4-3-15(10-18)17-9-16-11-19(24-20(16)22-12-17)14-5-7-29(26,27)8-6-14/h9,11-15,18H,3-8,10H2,1-2H3,(H,22,24)(H,23,25)/t15-,18+/m0/s1. The maximum absolute atomic E-state index is 11.8. The Morgan fingerprint density at radius 1 is 1.17 bits per heavy atom. The molecule has 7 nitrogen and oxygen atoms in total. The number of aromatic amines is 1. The first-order valence-electron chi connectivity index (χ1n) is 10.5. The number of nitrogens with one attached hydrogen (secondary N) is 2. The fraction of sp³-hybridized carbons (Fsp3) is 0.619. The summed E-state index contributed by atoms with van der Waals surface area (Å²) in [6.45, 7) is 3.83. The fourth-order valence-electron chi connectivity index (χ4n) is 4.47. The average molecular weight is 420 g/mol. The molecule has 3 heterocycles. The van der Waals surface area contributed by atoms with E-state index in [0.29, 0.717) is 18.8 Å². The number of ether oxygens (including phenoxy) is 1. The molecule has 2 aromatic heterocycles. The van der Waals surface area contributed by atoms with E-state index in [9.17, 15) is 13.2 Å². The third-order valence-corrected chi connectivity index (χ3v) is 7.76. The number of hydrogen-bond donors (Lipinski definition) is 2. The van der Waals surface area contributed by atoms with Crippen LogP contribution in [0, 0.1) is 0 Å². The van der Waals surface area contributed by atoms with E-state index in [4.69, 9.17) is 4.74 Å². The summed E-state index contributed by atoms with van der Waals surface area (Å²) in [5.74, 6) is 1.11. The van der Waals surface area contributed by atoms with Crippen LogP contribution in [-0.2, 0) is 14.6 Å². The van der Waals surface area contributed by atoms with Gasteiger partial charge in [0.1, 0.15) is 21.6 Å². The van der Waals surface area contributed by atoms with E-state index >= 15 is 0 Å². The van der Waals surface area contributed by atoms with Gasteiger partial charge < -0.3 is 15.0 Å². The maximum Gasteiger partial charge on any atom is 0.407 e. The van der Waals surface area contributed by atoms with Gasteiger partial charge in [-0.3, -0.25) is 0 Å². The van der Waals surface area contributed by atoms with E-state index in [1.165, 1.54) is 5.56 Å². The van der Waals surface area contributed by atoms with E-state index in [0.717, 1.165) is 36.0 Å². The lowest BCUT2D eigenvalue weighted by atomic mass is 9.97. The predicted molar refractivity (Wildman–Crippen MR) is 112 cm³/mol. The molecule has 0 unspecified atom stereocenters. The van der Waals surface area contributed by atoms with Gasteiger partial charge in [-0.05, 0) is 69.6 Å². The molecule has 1 amide bonds. The van der Waals surface area contributed by atoms with Gasteiger partial charge in [0.05, 0.1) is 11.5 Å². The molecule has 8 heteroatoms. The first kappa shape index (κ1) is 20.2. The summed E-state index contributed by atoms with van der Waals surface area (Å²) in [6.07, 6.45) is 5.51. The van der Waals surface area contributed by atoms with Gasteiger partial charge in [-0.25, -0.2) is 18.2 Å². The van der Waals surface area contributed by atoms with Crippen LogP contribution in [0.2, 0.25) is 0 Å². The highest BCUT2D eigenvalue weighted by Gasteiger charge is 2.30. The zero-order valence-electron chi connectivity index (χ0n) is 17.0. The van der Waals surface area contributed by atoms with Crippen LogP contribution in [0.4, 0.5) is 4.79 Å². The topological polar surface area (TPSA) is 101 Å². The maximum atomic E-state index is 11.8. The van der Waals surface area contributed by atoms with Crippen LogP contribution in [0.1, 0.15) is 69.0 Å². The number of pyridine rings is 1. The number of carbonyl (C=O) groups is 1. The number of carbonyl (C=O) groups excluding carboxylic acids is 1. The second kappa shape index (κ2) is 7.97. The minimum absolute atomic E-state index is 0.0552. The Morgan fingerprint density at radius 2 is 1.93 bits per heavy atom. The van der Waals surface area contributed by atoms with Gasteiger partial charge in [0.2, 0.25) is 0 Å². The smallest absolute Gasteiger partial charge is 0.407 e. The van der Waals surface area contributed by atoms with Crippen molar-refractivity contribution < 1.29 is 17.9 Å². The number of fused-ring (bicyclic) bond motifs is 1. The number of hydrogen-bond acceptors (Lipinski definition) is 5. The fourth-order valence-corrected chi connectivity index (χ4v) is 5.96. The van der Waals surface area contributed by atoms with Crippen LogP contribution in [0.25, 0.3) is 11.0 Å². The molecule has 2 aliphatic rings. The molecule has 0 aromatic carbocycles. The summed E-state index contributed by atoms with van der Waals surface area (Å²) in [5.41, 5.74) is 3.10. The largest absolute Gasteiger partial charge is 0.446 e. The Bertz CT molecular complexity index is 985. The SMILES string of the molecule is CC(C)NC(=O)O[C@@H]1CC[C@H](c2cnc3[nH]c(C4CCS(=O)(=O)CC4)cc3c2)C1. The molecule has 2 fully saturated rings. The van der Waals surface area contributed by atoms with E-state index in [1.807, 2.05) is 20.0 Å². The highest BCUT2D eigenvalue weighted by Crippen LogP contribution is 2.37. The van der Waals surface area contributed by atoms with Crippen molar-refractivity contribution in [2.45, 2.75) is 69.9 Å². The summed E-state index contributed by atoms with van der Waals surface area (Å²) in [4.78, 5) is 19.8. The van der Waals surface area contributed by atoms with Crippen LogP contribution in [-0.4, -0.2) is 48.1 Å². The quantitative estimate of drug-likeness (QED) is 0.788. The molecular formula is C21H29N3O4S. The highest BCUT2D eigenvalue weighted by molar-refractivity contribution is 7.91. The molecular weight excluding hydrogens is 390 g/mol. The van der Waals surface area contributed by atoms with Gasteiger partial charge in [0, 0.05) is 29.2 Å². The van der Waals surface area contributed by atoms with Crippen molar-refractivity contribution in [1.29, 1.82) is 0 Å². The Morgan fingerprint density at radius 3 is 2.66 bits per heavy atom. The van der Waals surface area contributed by atoms with Gasteiger partial charge in [-0.15, -0.1) is 0 Å². The summed E-state index contributed by atoms with van der Waals surface area (Å²) < 4.78 is 28.9. The van der Waals surface area contributed by atoms with E-state index in [2.05, 4.69) is 27.4 Å². The van der Waals surface area contributed by atoms with Crippen LogP contribution in [0.15, 0.2) is 18.3 Å². The predicted octanol–water partition coefficient (Wildman–Crippen LogP) is 3.63. The lowest BCUT2D eigenvalue weighted by Crippen LogP contribution is -2.33. The van der Waals surface area contributed by atoms with Gasteiger partial charge in [0.25, 0.3) is 0 Å². The number of H-pyrrole nitrogens is 1. The van der Waals surface area contributed by atoms with E-state index in [-0.39, 0.29) is 35.7 Å². The van der Waals surface area contributed by atoms with Crippen molar-refractivity contribution >= 4 is 27.0 Å². The zero-order chi connectivity index (χ0) is 20.6. The third-order valence-electron chi connectivity index (χ3n) is 6.04. The van der Waals surface area contributed by atoms with Crippen LogP contribution < -0.4 is 5.32 Å². The molecule has 1 saturated carbocycles. The Kier molecular flexibility index (Phi) is 5.55. The van der Waals surface area contributed by atoms with Crippen molar-refractivity contribution in [3.05, 3.63) is 29.6 Å². The summed E-state index contributed by atoms with van der Waals surface area (Å²) >= 11 is 0. The van der Waals surface area contributed by atoms with Crippen molar-refractivity contribution in [2.75, 3.05) is 11.5 Å². The van der Waals surface area contributed by atoms with Gasteiger partial charge >= 0.3 is 6.09 Å². The lowest BCUT2D eigenvalue weighted by molar-refractivity contribution is 0.0982. The Hall–Kier alpha value is -2.09. The molecule has 0 radical (unpaired) electrons. The Balaban J connectivity index is 1.42. The van der Waals surface area contributed by atoms with Crippen molar-refractivity contribution in [1.82, 2.24) is 15.3 Å². The first-order chi connectivity index (χ1) is 13.8. The monoisotopic (exact) mass is 419 g/mol. The number of alkyl carbamates (subject to hydrolysis) is 1. The number of amides is 1. The molecule has 4 rings (SSSR count). The van der Waals surface area contributed by atoms with Crippen molar-refractivity contribution in [3.63, 3.8) is 0 Å². The minimum atomic E-state index is -2.86. The third kappa shape index (κ3) is 4.74. The van der Waals surface area contributed by atoms with E-state index < -0.39 is 9.84 Å². The second-order valence-corrected chi connectivity index (χ2v) is 11.0. The molecule has 29 heavy (non-hydrogen) atoms. The molecule has 1 aliphatic heterocycles. The number of rotatable bonds is 4. The molecule has 2 aromatic rings. The minimum Gasteiger partial charge on any atom is -0.446 e. The lowest BCUT2D eigenvalue weighted by Gasteiger charge is -2.20. The van der Waals surface area contributed by atoms with Crippen molar-refractivity contribution in [3.8, 4) is 0 Å². The van der Waals surface area contributed by atoms with Crippen molar-refractivity contribution in [2.24, 2.45) is 0 Å². The summed E-state index contributed by atoms with van der Waals surface area (Å²) in [5, 5.41) is 3.83. The molecule has 1 saturated heterocycles. The Labute approximate surface area is 171 Å². The first-order valence-corrected chi connectivity index (χ1v) is 12.3. The zero-order valence-corrected chi connectivity index (χ0v) is 17.8. The summed E-state index contributed by atoms with van der Waals surface area (Å²) in [6, 6.07) is 4.36. The second-order valence-electron chi connectivity index (χ2n) is 8.69. The van der Waals surface area contributed by atoms with Crippen LogP contribution in [0.5, 0.6) is 0 Å². The molecule has 158 valence electrons. The highest BCUT2D eigenvalue weighted by atomic mass is 32.2. The number of aromatic nitrogens is 2. The molecule has 2 N–H and O–H groups in total. The number of sulfone groups is 1. The molecule has 0 spiro atoms. The summed E-state index contributed by atoms with van der Waals surface area (Å²) in [7, 11) is -2.86.